The van der Waals surface area contributed by atoms with E-state index in [1.54, 1.807) is 13.8 Å². The van der Waals surface area contributed by atoms with E-state index in [4.69, 9.17) is 0 Å². The minimum Gasteiger partial charge on any atom is -0.300 e. The summed E-state index contributed by atoms with van der Waals surface area (Å²) in [6.07, 6.45) is 7.33. The van der Waals surface area contributed by atoms with E-state index < -0.39 is 0 Å². The first-order valence-corrected chi connectivity index (χ1v) is 10.7. The summed E-state index contributed by atoms with van der Waals surface area (Å²) in [7, 11) is 0. The van der Waals surface area contributed by atoms with E-state index in [0.717, 1.165) is 32.1 Å². The molecule has 0 unspecified atom stereocenters. The second-order valence-electron chi connectivity index (χ2n) is 8.35. The molecule has 1 saturated carbocycles. The quantitative estimate of drug-likeness (QED) is 0.516. The zero-order valence-corrected chi connectivity index (χ0v) is 17.2. The molecule has 0 heterocycles. The summed E-state index contributed by atoms with van der Waals surface area (Å²) in [5, 5.41) is 0. The fourth-order valence-corrected chi connectivity index (χ4v) is 4.92. The number of carbonyl (C=O) groups excluding carboxylic acids is 2. The third kappa shape index (κ3) is 5.19. The number of ketones is 2. The van der Waals surface area contributed by atoms with E-state index in [0.29, 0.717) is 5.92 Å². The molecule has 0 saturated heterocycles. The Balaban J connectivity index is 1.60. The summed E-state index contributed by atoms with van der Waals surface area (Å²) < 4.78 is 0. The highest BCUT2D eigenvalue weighted by Crippen LogP contribution is 2.38. The van der Waals surface area contributed by atoms with E-state index in [1.165, 1.54) is 29.5 Å². The minimum atomic E-state index is -0.107. The Kier molecular flexibility index (Phi) is 7.19. The van der Waals surface area contributed by atoms with Gasteiger partial charge in [0.05, 0.1) is 0 Å². The van der Waals surface area contributed by atoms with Gasteiger partial charge < -0.3 is 0 Å². The van der Waals surface area contributed by atoms with Crippen molar-refractivity contribution in [3.05, 3.63) is 60.2 Å². The highest BCUT2D eigenvalue weighted by Gasteiger charge is 2.36. The molecule has 0 amide bonds. The molecule has 2 aromatic rings. The molecule has 2 nitrogen and oxygen atoms in total. The van der Waals surface area contributed by atoms with E-state index in [1.807, 2.05) is 6.07 Å². The number of hydrogen-bond acceptors (Lipinski definition) is 2. The van der Waals surface area contributed by atoms with Gasteiger partial charge in [-0.15, -0.1) is 0 Å². The van der Waals surface area contributed by atoms with Crippen LogP contribution in [0, 0.1) is 17.8 Å². The number of Topliss-reactive ketones (excluding diaryl/α,β-unsaturated/α-hetero) is 2. The molecule has 2 heteroatoms. The molecule has 2 atom stereocenters. The number of hydrogen-bond donors (Lipinski definition) is 0. The van der Waals surface area contributed by atoms with Crippen molar-refractivity contribution in [1.29, 1.82) is 0 Å². The van der Waals surface area contributed by atoms with Crippen LogP contribution in [0.4, 0.5) is 0 Å². The molecular formula is C26H32O2. The lowest BCUT2D eigenvalue weighted by Gasteiger charge is -2.28. The molecule has 28 heavy (non-hydrogen) atoms. The Labute approximate surface area is 169 Å². The van der Waals surface area contributed by atoms with Crippen molar-refractivity contribution in [3.8, 4) is 11.1 Å². The zero-order chi connectivity index (χ0) is 19.9. The van der Waals surface area contributed by atoms with Gasteiger partial charge in [0.15, 0.2) is 0 Å². The minimum absolute atomic E-state index is 0.0690. The monoisotopic (exact) mass is 376 g/mol. The third-order valence-corrected chi connectivity index (χ3v) is 6.37. The summed E-state index contributed by atoms with van der Waals surface area (Å²) in [5.41, 5.74) is 3.75. The number of benzene rings is 2. The fourth-order valence-electron chi connectivity index (χ4n) is 4.92. The Bertz CT molecular complexity index is 770. The lowest BCUT2D eigenvalue weighted by Crippen LogP contribution is -2.32. The van der Waals surface area contributed by atoms with Crippen molar-refractivity contribution < 1.29 is 9.59 Å². The van der Waals surface area contributed by atoms with Crippen LogP contribution in [-0.4, -0.2) is 11.6 Å². The van der Waals surface area contributed by atoms with Gasteiger partial charge in [0.1, 0.15) is 11.6 Å². The molecule has 1 aliphatic rings. The second kappa shape index (κ2) is 9.82. The van der Waals surface area contributed by atoms with Gasteiger partial charge in [-0.1, -0.05) is 67.4 Å². The van der Waals surface area contributed by atoms with Crippen LogP contribution < -0.4 is 0 Å². The first-order chi connectivity index (χ1) is 13.6. The van der Waals surface area contributed by atoms with Gasteiger partial charge in [-0.25, -0.2) is 0 Å². The highest BCUT2D eigenvalue weighted by atomic mass is 16.1. The Morgan fingerprint density at radius 1 is 0.857 bits per heavy atom. The first-order valence-electron chi connectivity index (χ1n) is 10.7. The lowest BCUT2D eigenvalue weighted by atomic mass is 9.74. The maximum Gasteiger partial charge on any atom is 0.133 e. The Morgan fingerprint density at radius 2 is 1.46 bits per heavy atom. The molecular weight excluding hydrogens is 344 g/mol. The van der Waals surface area contributed by atoms with Gasteiger partial charge in [-0.3, -0.25) is 9.59 Å². The average molecular weight is 377 g/mol. The smallest absolute Gasteiger partial charge is 0.133 e. The van der Waals surface area contributed by atoms with Crippen molar-refractivity contribution in [3.63, 3.8) is 0 Å². The molecule has 0 spiro atoms. The molecule has 0 radical (unpaired) electrons. The summed E-state index contributed by atoms with van der Waals surface area (Å²) in [6, 6.07) is 19.1. The van der Waals surface area contributed by atoms with Crippen LogP contribution >= 0.6 is 0 Å². The summed E-state index contributed by atoms with van der Waals surface area (Å²) in [5.74, 6) is 0.632. The highest BCUT2D eigenvalue weighted by molar-refractivity contribution is 5.87. The van der Waals surface area contributed by atoms with E-state index in [9.17, 15) is 9.59 Å². The molecule has 0 aromatic heterocycles. The van der Waals surface area contributed by atoms with Gasteiger partial charge in [0, 0.05) is 11.8 Å². The molecule has 148 valence electrons. The maximum absolute atomic E-state index is 12.3. The van der Waals surface area contributed by atoms with E-state index in [2.05, 4.69) is 48.5 Å². The molecule has 0 aliphatic heterocycles. The SMILES string of the molecule is CC(=O)[C@H](CCCc1ccc(-c2ccccc2)cc1)[C@@H](C(C)=O)C1CCCC1. The largest absolute Gasteiger partial charge is 0.300 e. The maximum atomic E-state index is 12.3. The topological polar surface area (TPSA) is 34.1 Å². The van der Waals surface area contributed by atoms with Gasteiger partial charge in [0.25, 0.3) is 0 Å². The first kappa shape index (κ1) is 20.5. The molecule has 0 bridgehead atoms. The number of rotatable bonds is 9. The van der Waals surface area contributed by atoms with Gasteiger partial charge in [-0.05, 0) is 68.6 Å². The van der Waals surface area contributed by atoms with Crippen LogP contribution in [0.5, 0.6) is 0 Å². The zero-order valence-electron chi connectivity index (χ0n) is 17.2. The van der Waals surface area contributed by atoms with Gasteiger partial charge >= 0.3 is 0 Å². The van der Waals surface area contributed by atoms with Gasteiger partial charge in [-0.2, -0.15) is 0 Å². The number of carbonyl (C=O) groups is 2. The van der Waals surface area contributed by atoms with Crippen molar-refractivity contribution in [1.82, 2.24) is 0 Å². The molecule has 1 fully saturated rings. The molecule has 0 N–H and O–H groups in total. The van der Waals surface area contributed by atoms with Crippen LogP contribution in [0.25, 0.3) is 11.1 Å². The van der Waals surface area contributed by atoms with Crippen LogP contribution in [-0.2, 0) is 16.0 Å². The number of aryl methyl sites for hydroxylation is 1. The standard InChI is InChI=1S/C26H32O2/c1-19(27)25(26(20(2)28)24-12-6-7-13-24)14-8-9-21-15-17-23(18-16-21)22-10-4-3-5-11-22/h3-5,10-11,15-18,24-26H,6-9,12-14H2,1-2H3/t25-,26-/m0/s1. The normalized spacial score (nSPS) is 16.6. The lowest BCUT2D eigenvalue weighted by molar-refractivity contribution is -0.132. The van der Waals surface area contributed by atoms with Gasteiger partial charge in [0.2, 0.25) is 0 Å². The second-order valence-corrected chi connectivity index (χ2v) is 8.35. The predicted molar refractivity (Wildman–Crippen MR) is 115 cm³/mol. The van der Waals surface area contributed by atoms with Crippen LogP contribution in [0.1, 0.15) is 57.9 Å². The van der Waals surface area contributed by atoms with E-state index in [-0.39, 0.29) is 23.4 Å². The van der Waals surface area contributed by atoms with Crippen LogP contribution in [0.3, 0.4) is 0 Å². The average Bonchev–Trinajstić information content (AvgIpc) is 3.22. The summed E-state index contributed by atoms with van der Waals surface area (Å²) in [6.45, 7) is 3.35. The van der Waals surface area contributed by atoms with Crippen LogP contribution in [0.15, 0.2) is 54.6 Å². The fraction of sp³-hybridized carbons (Fsp3) is 0.462. The Morgan fingerprint density at radius 3 is 2.04 bits per heavy atom. The van der Waals surface area contributed by atoms with Crippen molar-refractivity contribution >= 4 is 11.6 Å². The van der Waals surface area contributed by atoms with Crippen molar-refractivity contribution in [2.24, 2.45) is 17.8 Å². The van der Waals surface area contributed by atoms with Crippen LogP contribution in [0.2, 0.25) is 0 Å². The summed E-state index contributed by atoms with van der Waals surface area (Å²) >= 11 is 0. The van der Waals surface area contributed by atoms with E-state index >= 15 is 0 Å². The van der Waals surface area contributed by atoms with Crippen molar-refractivity contribution in [2.45, 2.75) is 58.8 Å². The molecule has 2 aromatic carbocycles. The summed E-state index contributed by atoms with van der Waals surface area (Å²) in [4.78, 5) is 24.7. The predicted octanol–water partition coefficient (Wildman–Crippen LogP) is 6.28. The molecule has 1 aliphatic carbocycles. The molecule has 3 rings (SSSR count). The Hall–Kier alpha value is -2.22. The van der Waals surface area contributed by atoms with Crippen molar-refractivity contribution in [2.75, 3.05) is 0 Å². The third-order valence-electron chi connectivity index (χ3n) is 6.37.